The molecule has 3 aromatic rings. The normalized spacial score (nSPS) is 19.6. The largest absolute Gasteiger partial charge is 0.325 e. The van der Waals surface area contributed by atoms with Crippen molar-refractivity contribution in [2.45, 2.75) is 23.9 Å². The Bertz CT molecular complexity index is 1230. The fourth-order valence-electron chi connectivity index (χ4n) is 3.54. The predicted molar refractivity (Wildman–Crippen MR) is 108 cm³/mol. The molecule has 1 fully saturated rings. The molecule has 1 aromatic heterocycles. The molecule has 1 aliphatic rings. The van der Waals surface area contributed by atoms with Crippen LogP contribution in [0.2, 0.25) is 0 Å². The predicted octanol–water partition coefficient (Wildman–Crippen LogP) is 2.61. The van der Waals surface area contributed by atoms with E-state index in [1.165, 1.54) is 12.1 Å². The summed E-state index contributed by atoms with van der Waals surface area (Å²) in [5.41, 5.74) is 0.747. The van der Waals surface area contributed by atoms with Crippen molar-refractivity contribution in [1.29, 1.82) is 0 Å². The van der Waals surface area contributed by atoms with Crippen LogP contribution in [0.3, 0.4) is 0 Å². The number of benzene rings is 2. The minimum Gasteiger partial charge on any atom is -0.319 e. The molecule has 7 nitrogen and oxygen atoms in total. The summed E-state index contributed by atoms with van der Waals surface area (Å²) in [4.78, 5) is 31.5. The van der Waals surface area contributed by atoms with Gasteiger partial charge in [0.2, 0.25) is 0 Å². The number of imide groups is 1. The highest BCUT2D eigenvalue weighted by atomic mass is 32.2. The minimum atomic E-state index is -3.35. The molecule has 148 valence electrons. The summed E-state index contributed by atoms with van der Waals surface area (Å²) in [6, 6.07) is 14.9. The number of hydrogen-bond acceptors (Lipinski definition) is 5. The van der Waals surface area contributed by atoms with Crippen LogP contribution in [0.4, 0.5) is 4.79 Å². The molecule has 0 radical (unpaired) electrons. The summed E-state index contributed by atoms with van der Waals surface area (Å²) in [6.07, 6.45) is 2.79. The quantitative estimate of drug-likeness (QED) is 0.668. The van der Waals surface area contributed by atoms with Gasteiger partial charge in [-0.2, -0.15) is 0 Å². The molecule has 2 aromatic carbocycles. The highest BCUT2D eigenvalue weighted by Crippen LogP contribution is 2.31. The van der Waals surface area contributed by atoms with Gasteiger partial charge >= 0.3 is 6.03 Å². The number of aromatic nitrogens is 1. The molecule has 29 heavy (non-hydrogen) atoms. The summed E-state index contributed by atoms with van der Waals surface area (Å²) < 4.78 is 23.3. The number of rotatable bonds is 4. The van der Waals surface area contributed by atoms with Gasteiger partial charge in [0.05, 0.1) is 17.0 Å². The summed E-state index contributed by atoms with van der Waals surface area (Å²) in [6.45, 7) is 1.71. The van der Waals surface area contributed by atoms with E-state index in [1.807, 2.05) is 30.3 Å². The van der Waals surface area contributed by atoms with E-state index in [4.69, 9.17) is 0 Å². The lowest BCUT2D eigenvalue weighted by Crippen LogP contribution is -2.40. The lowest BCUT2D eigenvalue weighted by molar-refractivity contribution is -0.131. The Labute approximate surface area is 168 Å². The van der Waals surface area contributed by atoms with Gasteiger partial charge in [-0.1, -0.05) is 36.4 Å². The highest BCUT2D eigenvalue weighted by Gasteiger charge is 2.49. The number of hydrogen-bond donors (Lipinski definition) is 1. The van der Waals surface area contributed by atoms with Crippen molar-refractivity contribution >= 4 is 32.7 Å². The molecular weight excluding hydrogens is 390 g/mol. The van der Waals surface area contributed by atoms with Gasteiger partial charge in [0.1, 0.15) is 5.54 Å². The van der Waals surface area contributed by atoms with E-state index in [-0.39, 0.29) is 11.4 Å². The van der Waals surface area contributed by atoms with Crippen molar-refractivity contribution in [3.05, 3.63) is 71.9 Å². The molecule has 8 heteroatoms. The van der Waals surface area contributed by atoms with Crippen LogP contribution in [-0.2, 0) is 26.7 Å². The number of carbonyl (C=O) groups excluding carboxylic acids is 2. The van der Waals surface area contributed by atoms with Crippen LogP contribution >= 0.6 is 0 Å². The molecule has 1 N–H and O–H groups in total. The molecular formula is C21H19N3O4S. The van der Waals surface area contributed by atoms with Crippen LogP contribution < -0.4 is 5.32 Å². The first-order valence-corrected chi connectivity index (χ1v) is 10.9. The third-order valence-electron chi connectivity index (χ3n) is 5.18. The van der Waals surface area contributed by atoms with E-state index >= 15 is 0 Å². The Kier molecular flexibility index (Phi) is 4.38. The molecule has 1 unspecified atom stereocenters. The van der Waals surface area contributed by atoms with Gasteiger partial charge in [0, 0.05) is 17.8 Å². The number of fused-ring (bicyclic) bond motifs is 1. The Balaban J connectivity index is 1.66. The maximum Gasteiger partial charge on any atom is 0.325 e. The number of amides is 3. The first-order valence-electron chi connectivity index (χ1n) is 8.97. The summed E-state index contributed by atoms with van der Waals surface area (Å²) in [7, 11) is -3.35. The molecule has 1 atom stereocenters. The van der Waals surface area contributed by atoms with Crippen molar-refractivity contribution in [3.8, 4) is 0 Å². The molecule has 0 bridgehead atoms. The summed E-state index contributed by atoms with van der Waals surface area (Å²) >= 11 is 0. The van der Waals surface area contributed by atoms with Gasteiger partial charge in [0.15, 0.2) is 9.84 Å². The van der Waals surface area contributed by atoms with Crippen LogP contribution in [0.5, 0.6) is 0 Å². The number of nitrogens with zero attached hydrogens (tertiary/aromatic N) is 2. The summed E-state index contributed by atoms with van der Waals surface area (Å²) in [5, 5.41) is 3.67. The number of para-hydroxylation sites is 1. The van der Waals surface area contributed by atoms with Gasteiger partial charge in [0.25, 0.3) is 5.91 Å². The SMILES string of the molecule is CC1(c2ccc(S(C)(=O)=O)cc2)NC(=O)N(Cc2cccc3cccnc23)C1=O. The number of urea groups is 1. The number of nitrogens with one attached hydrogen (secondary N) is 1. The van der Waals surface area contributed by atoms with Crippen LogP contribution in [0.25, 0.3) is 10.9 Å². The van der Waals surface area contributed by atoms with Crippen LogP contribution in [-0.4, -0.2) is 36.5 Å². The van der Waals surface area contributed by atoms with E-state index in [9.17, 15) is 18.0 Å². The van der Waals surface area contributed by atoms with Gasteiger partial charge in [-0.3, -0.25) is 14.7 Å². The lowest BCUT2D eigenvalue weighted by Gasteiger charge is -2.22. The maximum atomic E-state index is 13.2. The second-order valence-electron chi connectivity index (χ2n) is 7.24. The second kappa shape index (κ2) is 6.66. The van der Waals surface area contributed by atoms with Gasteiger partial charge in [-0.25, -0.2) is 13.2 Å². The first kappa shape index (κ1) is 19.1. The number of pyridine rings is 1. The molecule has 0 saturated carbocycles. The van der Waals surface area contributed by atoms with Crippen LogP contribution in [0.1, 0.15) is 18.1 Å². The Hall–Kier alpha value is -3.26. The molecule has 3 amide bonds. The average molecular weight is 409 g/mol. The zero-order valence-corrected chi connectivity index (χ0v) is 16.7. The molecule has 4 rings (SSSR count). The zero-order valence-electron chi connectivity index (χ0n) is 15.9. The number of sulfone groups is 1. The van der Waals surface area contributed by atoms with E-state index in [0.29, 0.717) is 5.56 Å². The van der Waals surface area contributed by atoms with Crippen LogP contribution in [0, 0.1) is 0 Å². The molecule has 0 spiro atoms. The maximum absolute atomic E-state index is 13.2. The molecule has 1 aliphatic heterocycles. The lowest BCUT2D eigenvalue weighted by atomic mass is 9.92. The zero-order chi connectivity index (χ0) is 20.8. The standard InChI is InChI=1S/C21H19N3O4S/c1-21(16-8-10-17(11-9-16)29(2,27)28)19(25)24(20(26)23-21)13-15-6-3-5-14-7-4-12-22-18(14)15/h3-12H,13H2,1-2H3,(H,23,26). The fourth-order valence-corrected chi connectivity index (χ4v) is 4.17. The Morgan fingerprint density at radius 3 is 2.41 bits per heavy atom. The fraction of sp³-hybridized carbons (Fsp3) is 0.190. The monoisotopic (exact) mass is 409 g/mol. The van der Waals surface area contributed by atoms with Crippen molar-refractivity contribution in [3.63, 3.8) is 0 Å². The van der Waals surface area contributed by atoms with Gasteiger partial charge in [-0.05, 0) is 36.2 Å². The smallest absolute Gasteiger partial charge is 0.319 e. The van der Waals surface area contributed by atoms with E-state index < -0.39 is 27.3 Å². The van der Waals surface area contributed by atoms with Crippen molar-refractivity contribution in [1.82, 2.24) is 15.2 Å². The molecule has 2 heterocycles. The average Bonchev–Trinajstić information content (AvgIpc) is 2.92. The van der Waals surface area contributed by atoms with Crippen LogP contribution in [0.15, 0.2) is 65.7 Å². The van der Waals surface area contributed by atoms with Crippen molar-refractivity contribution in [2.24, 2.45) is 0 Å². The first-order chi connectivity index (χ1) is 13.7. The van der Waals surface area contributed by atoms with E-state index in [2.05, 4.69) is 10.3 Å². The van der Waals surface area contributed by atoms with Crippen molar-refractivity contribution in [2.75, 3.05) is 6.26 Å². The Morgan fingerprint density at radius 1 is 1.03 bits per heavy atom. The van der Waals surface area contributed by atoms with Gasteiger partial charge in [-0.15, -0.1) is 0 Å². The van der Waals surface area contributed by atoms with Crippen molar-refractivity contribution < 1.29 is 18.0 Å². The number of carbonyl (C=O) groups is 2. The molecule has 1 saturated heterocycles. The molecule has 0 aliphatic carbocycles. The third kappa shape index (κ3) is 3.25. The minimum absolute atomic E-state index is 0.0933. The Morgan fingerprint density at radius 2 is 1.72 bits per heavy atom. The van der Waals surface area contributed by atoms with E-state index in [0.717, 1.165) is 27.6 Å². The topological polar surface area (TPSA) is 96.4 Å². The van der Waals surface area contributed by atoms with Gasteiger partial charge < -0.3 is 5.32 Å². The highest BCUT2D eigenvalue weighted by molar-refractivity contribution is 7.90. The second-order valence-corrected chi connectivity index (χ2v) is 9.25. The summed E-state index contributed by atoms with van der Waals surface area (Å²) in [5.74, 6) is -0.400. The third-order valence-corrected chi connectivity index (χ3v) is 6.31. The van der Waals surface area contributed by atoms with E-state index in [1.54, 1.807) is 25.3 Å².